The fourth-order valence-corrected chi connectivity index (χ4v) is 1.12. The molecular weight excluding hydrogens is 204 g/mol. The van der Waals surface area contributed by atoms with Gasteiger partial charge < -0.3 is 4.52 Å². The molecule has 1 unspecified atom stereocenters. The second-order valence-corrected chi connectivity index (χ2v) is 3.60. The van der Waals surface area contributed by atoms with Crippen LogP contribution >= 0.6 is 11.6 Å². The molecule has 0 aliphatic carbocycles. The van der Waals surface area contributed by atoms with Gasteiger partial charge in [-0.15, -0.1) is 11.6 Å². The predicted molar refractivity (Wildman–Crippen MR) is 50.8 cm³/mol. The summed E-state index contributed by atoms with van der Waals surface area (Å²) in [5, 5.41) is 7.61. The normalized spacial score (nSPS) is 13.1. The number of nitrogens with zero attached hydrogens (tertiary/aromatic N) is 4. The van der Waals surface area contributed by atoms with E-state index in [0.717, 1.165) is 0 Å². The molecule has 74 valence electrons. The van der Waals surface area contributed by atoms with Crippen LogP contribution in [0, 0.1) is 0 Å². The molecule has 2 aromatic rings. The van der Waals surface area contributed by atoms with Gasteiger partial charge in [0.2, 0.25) is 0 Å². The van der Waals surface area contributed by atoms with Crippen LogP contribution in [0.1, 0.15) is 18.1 Å². The maximum atomic E-state index is 5.80. The first kappa shape index (κ1) is 9.21. The van der Waals surface area contributed by atoms with Gasteiger partial charge in [-0.25, -0.2) is 0 Å². The zero-order valence-electron chi connectivity index (χ0n) is 7.81. The topological polar surface area (TPSA) is 56.7 Å². The summed E-state index contributed by atoms with van der Waals surface area (Å²) in [4.78, 5) is 4.11. The summed E-state index contributed by atoms with van der Waals surface area (Å²) in [7, 11) is 1.82. The molecule has 0 radical (unpaired) electrons. The quantitative estimate of drug-likeness (QED) is 0.712. The van der Waals surface area contributed by atoms with Crippen molar-refractivity contribution in [1.29, 1.82) is 0 Å². The number of halogens is 1. The van der Waals surface area contributed by atoms with E-state index in [2.05, 4.69) is 15.2 Å². The molecule has 0 amide bonds. The fraction of sp³-hybridized carbons (Fsp3) is 0.375. The molecule has 0 N–H and O–H groups in total. The monoisotopic (exact) mass is 212 g/mol. The predicted octanol–water partition coefficient (Wildman–Crippen LogP) is 1.77. The lowest BCUT2D eigenvalue weighted by molar-refractivity contribution is 0.421. The number of alkyl halides is 1. The summed E-state index contributed by atoms with van der Waals surface area (Å²) in [6, 6.07) is 1.80. The van der Waals surface area contributed by atoms with E-state index in [-0.39, 0.29) is 5.38 Å². The number of aryl methyl sites for hydroxylation is 1. The molecular formula is C8H9ClN4O. The molecule has 0 saturated carbocycles. The minimum atomic E-state index is -0.254. The van der Waals surface area contributed by atoms with Crippen LogP contribution < -0.4 is 0 Å². The molecule has 6 heteroatoms. The number of rotatable bonds is 2. The first-order valence-corrected chi connectivity index (χ1v) is 4.58. The van der Waals surface area contributed by atoms with Crippen molar-refractivity contribution >= 4 is 11.6 Å². The van der Waals surface area contributed by atoms with Crippen LogP contribution in [0.3, 0.4) is 0 Å². The summed E-state index contributed by atoms with van der Waals surface area (Å²) in [6.45, 7) is 1.79. The lowest BCUT2D eigenvalue weighted by Crippen LogP contribution is -1.89. The van der Waals surface area contributed by atoms with Crippen LogP contribution in [0.4, 0.5) is 0 Å². The summed E-state index contributed by atoms with van der Waals surface area (Å²) < 4.78 is 6.67. The molecule has 1 atom stereocenters. The van der Waals surface area contributed by atoms with E-state index in [1.54, 1.807) is 17.7 Å². The Morgan fingerprint density at radius 2 is 2.36 bits per heavy atom. The maximum absolute atomic E-state index is 5.80. The Morgan fingerprint density at radius 3 is 2.86 bits per heavy atom. The van der Waals surface area contributed by atoms with Crippen molar-refractivity contribution in [2.45, 2.75) is 12.3 Å². The molecule has 14 heavy (non-hydrogen) atoms. The molecule has 0 aliphatic heterocycles. The Kier molecular flexibility index (Phi) is 2.25. The highest BCUT2D eigenvalue weighted by Crippen LogP contribution is 2.20. The van der Waals surface area contributed by atoms with Crippen molar-refractivity contribution in [2.75, 3.05) is 0 Å². The lowest BCUT2D eigenvalue weighted by atomic mass is 10.4. The van der Waals surface area contributed by atoms with Crippen LogP contribution in [-0.4, -0.2) is 19.9 Å². The summed E-state index contributed by atoms with van der Waals surface area (Å²) >= 11 is 5.80. The smallest absolute Gasteiger partial charge is 0.278 e. The second-order valence-electron chi connectivity index (χ2n) is 2.95. The van der Waals surface area contributed by atoms with E-state index in [0.29, 0.717) is 17.4 Å². The Labute approximate surface area is 85.7 Å². The molecule has 5 nitrogen and oxygen atoms in total. The van der Waals surface area contributed by atoms with Gasteiger partial charge >= 0.3 is 0 Å². The van der Waals surface area contributed by atoms with Crippen LogP contribution in [0.2, 0.25) is 0 Å². The highest BCUT2D eigenvalue weighted by atomic mass is 35.5. The van der Waals surface area contributed by atoms with E-state index in [9.17, 15) is 0 Å². The van der Waals surface area contributed by atoms with Gasteiger partial charge in [-0.1, -0.05) is 5.16 Å². The summed E-state index contributed by atoms with van der Waals surface area (Å²) in [6.07, 6.45) is 1.81. The third-order valence-electron chi connectivity index (χ3n) is 1.73. The molecule has 2 aromatic heterocycles. The third kappa shape index (κ3) is 1.63. The van der Waals surface area contributed by atoms with Crippen molar-refractivity contribution in [1.82, 2.24) is 19.9 Å². The van der Waals surface area contributed by atoms with Gasteiger partial charge in [-0.05, 0) is 13.0 Å². The number of hydrogen-bond donors (Lipinski definition) is 0. The molecule has 2 rings (SSSR count). The van der Waals surface area contributed by atoms with Gasteiger partial charge in [-0.2, -0.15) is 10.1 Å². The van der Waals surface area contributed by atoms with Gasteiger partial charge in [0.15, 0.2) is 11.5 Å². The van der Waals surface area contributed by atoms with Gasteiger partial charge in [-0.3, -0.25) is 4.68 Å². The lowest BCUT2D eigenvalue weighted by Gasteiger charge is -1.89. The van der Waals surface area contributed by atoms with Gasteiger partial charge in [0.25, 0.3) is 5.89 Å². The van der Waals surface area contributed by atoms with E-state index in [1.165, 1.54) is 0 Å². The number of aromatic nitrogens is 4. The fourth-order valence-electron chi connectivity index (χ4n) is 1.03. The van der Waals surface area contributed by atoms with Crippen LogP contribution in [0.25, 0.3) is 11.6 Å². The Balaban J connectivity index is 2.33. The van der Waals surface area contributed by atoms with Crippen molar-refractivity contribution in [2.24, 2.45) is 7.05 Å². The largest absolute Gasteiger partial charge is 0.332 e. The molecule has 0 spiro atoms. The molecule has 0 aromatic carbocycles. The van der Waals surface area contributed by atoms with Crippen molar-refractivity contribution < 1.29 is 4.52 Å². The molecule has 0 aliphatic rings. The Hall–Kier alpha value is -1.36. The van der Waals surface area contributed by atoms with Gasteiger partial charge in [0, 0.05) is 13.2 Å². The van der Waals surface area contributed by atoms with Crippen LogP contribution in [-0.2, 0) is 7.05 Å². The molecule has 0 bridgehead atoms. The van der Waals surface area contributed by atoms with Gasteiger partial charge in [0.1, 0.15) is 0 Å². The Morgan fingerprint density at radius 1 is 1.57 bits per heavy atom. The molecule has 0 fully saturated rings. The average Bonchev–Trinajstić information content (AvgIpc) is 2.70. The third-order valence-corrected chi connectivity index (χ3v) is 1.93. The van der Waals surface area contributed by atoms with E-state index < -0.39 is 0 Å². The SMILES string of the molecule is CC(Cl)c1noc(-c2ccn(C)n2)n1. The highest BCUT2D eigenvalue weighted by Gasteiger charge is 2.13. The van der Waals surface area contributed by atoms with Crippen molar-refractivity contribution in [3.05, 3.63) is 18.1 Å². The zero-order chi connectivity index (χ0) is 10.1. The molecule has 0 saturated heterocycles. The number of hydrogen-bond acceptors (Lipinski definition) is 4. The van der Waals surface area contributed by atoms with Gasteiger partial charge in [0.05, 0.1) is 5.38 Å². The highest BCUT2D eigenvalue weighted by molar-refractivity contribution is 6.20. The van der Waals surface area contributed by atoms with E-state index in [4.69, 9.17) is 16.1 Å². The van der Waals surface area contributed by atoms with Crippen molar-refractivity contribution in [3.8, 4) is 11.6 Å². The summed E-state index contributed by atoms with van der Waals surface area (Å²) in [5.74, 6) is 0.875. The summed E-state index contributed by atoms with van der Waals surface area (Å²) in [5.41, 5.74) is 0.656. The average molecular weight is 213 g/mol. The minimum Gasteiger partial charge on any atom is -0.332 e. The van der Waals surface area contributed by atoms with Crippen molar-refractivity contribution in [3.63, 3.8) is 0 Å². The second kappa shape index (κ2) is 3.42. The van der Waals surface area contributed by atoms with Crippen LogP contribution in [0.5, 0.6) is 0 Å². The van der Waals surface area contributed by atoms with E-state index >= 15 is 0 Å². The standard InChI is InChI=1S/C8H9ClN4O/c1-5(9)7-10-8(14-12-7)6-3-4-13(2)11-6/h3-5H,1-2H3. The Bertz CT molecular complexity index is 434. The minimum absolute atomic E-state index is 0.254. The molecule has 2 heterocycles. The van der Waals surface area contributed by atoms with Crippen LogP contribution in [0.15, 0.2) is 16.8 Å². The zero-order valence-corrected chi connectivity index (χ0v) is 8.56. The first-order chi connectivity index (χ1) is 6.66. The first-order valence-electron chi connectivity index (χ1n) is 4.14. The maximum Gasteiger partial charge on any atom is 0.278 e. The van der Waals surface area contributed by atoms with E-state index in [1.807, 2.05) is 13.2 Å².